The maximum absolute atomic E-state index is 11.5. The van der Waals surface area contributed by atoms with Gasteiger partial charge in [-0.2, -0.15) is 0 Å². The van der Waals surface area contributed by atoms with Gasteiger partial charge in [-0.05, 0) is 38.6 Å². The fraction of sp³-hybridized carbons (Fsp3) is 0.923. The smallest absolute Gasteiger partial charge is 0.220 e. The van der Waals surface area contributed by atoms with Crippen LogP contribution in [0.1, 0.15) is 59.3 Å². The number of nitrogens with one attached hydrogen (secondary N) is 1. The molecule has 0 saturated carbocycles. The highest BCUT2D eigenvalue weighted by Crippen LogP contribution is 2.08. The lowest BCUT2D eigenvalue weighted by Crippen LogP contribution is -2.32. The Hall–Kier alpha value is -0.570. The molecule has 1 amide bonds. The van der Waals surface area contributed by atoms with Crippen LogP contribution in [0.15, 0.2) is 0 Å². The second kappa shape index (κ2) is 9.64. The van der Waals surface area contributed by atoms with E-state index >= 15 is 0 Å². The minimum absolute atomic E-state index is 0.172. The van der Waals surface area contributed by atoms with Gasteiger partial charge in [0.05, 0.1) is 0 Å². The van der Waals surface area contributed by atoms with Crippen molar-refractivity contribution in [3.63, 3.8) is 0 Å². The van der Waals surface area contributed by atoms with Crippen LogP contribution < -0.4 is 11.1 Å². The Balaban J connectivity index is 3.46. The minimum Gasteiger partial charge on any atom is -0.354 e. The zero-order valence-electron chi connectivity index (χ0n) is 11.1. The van der Waals surface area contributed by atoms with E-state index in [1.807, 2.05) is 0 Å². The van der Waals surface area contributed by atoms with Crippen LogP contribution in [-0.4, -0.2) is 18.5 Å². The third-order valence-corrected chi connectivity index (χ3v) is 2.68. The van der Waals surface area contributed by atoms with Gasteiger partial charge >= 0.3 is 0 Å². The van der Waals surface area contributed by atoms with Gasteiger partial charge in [-0.25, -0.2) is 0 Å². The van der Waals surface area contributed by atoms with Crippen LogP contribution >= 0.6 is 0 Å². The molecule has 1 atom stereocenters. The van der Waals surface area contributed by atoms with E-state index in [0.29, 0.717) is 19.0 Å². The molecule has 0 aliphatic rings. The average Bonchev–Trinajstić information content (AvgIpc) is 2.17. The van der Waals surface area contributed by atoms with E-state index in [0.717, 1.165) is 25.2 Å². The maximum atomic E-state index is 11.5. The Labute approximate surface area is 100 Å². The molecule has 0 radical (unpaired) electrons. The van der Waals surface area contributed by atoms with Crippen molar-refractivity contribution >= 4 is 5.91 Å². The number of hydrogen-bond acceptors (Lipinski definition) is 2. The van der Waals surface area contributed by atoms with E-state index in [2.05, 4.69) is 26.1 Å². The van der Waals surface area contributed by atoms with E-state index < -0.39 is 0 Å². The van der Waals surface area contributed by atoms with Crippen LogP contribution in [0.5, 0.6) is 0 Å². The van der Waals surface area contributed by atoms with Gasteiger partial charge < -0.3 is 11.1 Å². The Bertz CT molecular complexity index is 181. The molecule has 1 unspecified atom stereocenters. The molecule has 0 bridgehead atoms. The standard InChI is InChI=1S/C13H28N2O/c1-11(2)7-6-8-12(3)15-13(16)9-4-5-10-14/h11-12H,4-10,14H2,1-3H3,(H,15,16). The summed E-state index contributed by atoms with van der Waals surface area (Å²) in [6.45, 7) is 7.23. The molecule has 0 rings (SSSR count). The molecule has 3 nitrogen and oxygen atoms in total. The Kier molecular flexibility index (Phi) is 9.30. The molecule has 16 heavy (non-hydrogen) atoms. The lowest BCUT2D eigenvalue weighted by molar-refractivity contribution is -0.121. The van der Waals surface area contributed by atoms with Crippen LogP contribution in [0.2, 0.25) is 0 Å². The average molecular weight is 228 g/mol. The van der Waals surface area contributed by atoms with Crippen LogP contribution in [0.4, 0.5) is 0 Å². The number of unbranched alkanes of at least 4 members (excludes halogenated alkanes) is 1. The monoisotopic (exact) mass is 228 g/mol. The van der Waals surface area contributed by atoms with Crippen molar-refractivity contribution in [2.75, 3.05) is 6.54 Å². The highest BCUT2D eigenvalue weighted by atomic mass is 16.1. The number of nitrogens with two attached hydrogens (primary N) is 1. The molecule has 0 fully saturated rings. The molecule has 0 aromatic rings. The predicted octanol–water partition coefficient (Wildman–Crippen LogP) is 2.45. The van der Waals surface area contributed by atoms with Crippen LogP contribution in [-0.2, 0) is 4.79 Å². The molecule has 3 N–H and O–H groups in total. The molecule has 3 heteroatoms. The molecule has 0 aliphatic heterocycles. The SMILES string of the molecule is CC(C)CCCC(C)NC(=O)CCCCN. The van der Waals surface area contributed by atoms with E-state index in [9.17, 15) is 4.79 Å². The molecule has 0 spiro atoms. The summed E-state index contributed by atoms with van der Waals surface area (Å²) < 4.78 is 0. The van der Waals surface area contributed by atoms with Crippen molar-refractivity contribution in [3.05, 3.63) is 0 Å². The zero-order valence-corrected chi connectivity index (χ0v) is 11.1. The number of hydrogen-bond donors (Lipinski definition) is 2. The highest BCUT2D eigenvalue weighted by molar-refractivity contribution is 5.76. The van der Waals surface area contributed by atoms with Gasteiger partial charge in [0.1, 0.15) is 0 Å². The Morgan fingerprint density at radius 2 is 1.81 bits per heavy atom. The third-order valence-electron chi connectivity index (χ3n) is 2.68. The first kappa shape index (κ1) is 15.4. The zero-order chi connectivity index (χ0) is 12.4. The fourth-order valence-corrected chi connectivity index (χ4v) is 1.68. The van der Waals surface area contributed by atoms with Crippen molar-refractivity contribution < 1.29 is 4.79 Å². The summed E-state index contributed by atoms with van der Waals surface area (Å²) in [6, 6.07) is 0.309. The van der Waals surface area contributed by atoms with Crippen LogP contribution in [0.25, 0.3) is 0 Å². The molecule has 0 aliphatic carbocycles. The lowest BCUT2D eigenvalue weighted by Gasteiger charge is -2.14. The van der Waals surface area contributed by atoms with Crippen LogP contribution in [0, 0.1) is 5.92 Å². The molecular weight excluding hydrogens is 200 g/mol. The molecule has 0 aromatic carbocycles. The summed E-state index contributed by atoms with van der Waals surface area (Å²) in [5, 5.41) is 3.03. The van der Waals surface area contributed by atoms with Gasteiger partial charge in [0, 0.05) is 12.5 Å². The summed E-state index contributed by atoms with van der Waals surface area (Å²) in [4.78, 5) is 11.5. The summed E-state index contributed by atoms with van der Waals surface area (Å²) in [5.41, 5.74) is 5.38. The summed E-state index contributed by atoms with van der Waals surface area (Å²) in [5.74, 6) is 0.929. The summed E-state index contributed by atoms with van der Waals surface area (Å²) >= 11 is 0. The van der Waals surface area contributed by atoms with Crippen molar-refractivity contribution in [2.24, 2.45) is 11.7 Å². The molecule has 0 saturated heterocycles. The number of carbonyl (C=O) groups excluding carboxylic acids is 1. The number of rotatable bonds is 9. The molecule has 96 valence electrons. The lowest BCUT2D eigenvalue weighted by atomic mass is 10.0. The van der Waals surface area contributed by atoms with E-state index in [4.69, 9.17) is 5.73 Å². The first-order valence-electron chi connectivity index (χ1n) is 6.55. The number of carbonyl (C=O) groups is 1. The van der Waals surface area contributed by atoms with Crippen LogP contribution in [0.3, 0.4) is 0 Å². The second-order valence-corrected chi connectivity index (χ2v) is 5.04. The van der Waals surface area contributed by atoms with Gasteiger partial charge in [-0.3, -0.25) is 4.79 Å². The van der Waals surface area contributed by atoms with Gasteiger partial charge in [0.15, 0.2) is 0 Å². The van der Waals surface area contributed by atoms with E-state index in [-0.39, 0.29) is 5.91 Å². The van der Waals surface area contributed by atoms with Crippen molar-refractivity contribution in [1.29, 1.82) is 0 Å². The normalized spacial score (nSPS) is 12.8. The Morgan fingerprint density at radius 3 is 2.38 bits per heavy atom. The summed E-state index contributed by atoms with van der Waals surface area (Å²) in [6.07, 6.45) is 5.98. The van der Waals surface area contributed by atoms with Gasteiger partial charge in [0.25, 0.3) is 0 Å². The highest BCUT2D eigenvalue weighted by Gasteiger charge is 2.06. The molecular formula is C13H28N2O. The van der Waals surface area contributed by atoms with E-state index in [1.165, 1.54) is 12.8 Å². The fourth-order valence-electron chi connectivity index (χ4n) is 1.68. The third kappa shape index (κ3) is 9.97. The van der Waals surface area contributed by atoms with Crippen molar-refractivity contribution in [3.8, 4) is 0 Å². The summed E-state index contributed by atoms with van der Waals surface area (Å²) in [7, 11) is 0. The predicted molar refractivity (Wildman–Crippen MR) is 69.2 cm³/mol. The minimum atomic E-state index is 0.172. The second-order valence-electron chi connectivity index (χ2n) is 5.04. The van der Waals surface area contributed by atoms with Crippen molar-refractivity contribution in [1.82, 2.24) is 5.32 Å². The quantitative estimate of drug-likeness (QED) is 0.596. The Morgan fingerprint density at radius 1 is 1.12 bits per heavy atom. The van der Waals surface area contributed by atoms with Gasteiger partial charge in [-0.15, -0.1) is 0 Å². The first-order valence-corrected chi connectivity index (χ1v) is 6.55. The number of amides is 1. The maximum Gasteiger partial charge on any atom is 0.220 e. The first-order chi connectivity index (χ1) is 7.56. The van der Waals surface area contributed by atoms with Gasteiger partial charge in [-0.1, -0.05) is 26.7 Å². The molecule has 0 heterocycles. The topological polar surface area (TPSA) is 55.1 Å². The van der Waals surface area contributed by atoms with Gasteiger partial charge in [0.2, 0.25) is 5.91 Å². The largest absolute Gasteiger partial charge is 0.354 e. The molecule has 0 aromatic heterocycles. The van der Waals surface area contributed by atoms with Crippen molar-refractivity contribution in [2.45, 2.75) is 65.3 Å². The van der Waals surface area contributed by atoms with E-state index in [1.54, 1.807) is 0 Å².